The molecule has 1 aliphatic carbocycles. The van der Waals surface area contributed by atoms with Gasteiger partial charge in [0, 0.05) is 11.3 Å². The van der Waals surface area contributed by atoms with Crippen LogP contribution in [-0.2, 0) is 16.8 Å². The zero-order valence-corrected chi connectivity index (χ0v) is 14.5. The average Bonchev–Trinajstić information content (AvgIpc) is 2.67. The summed E-state index contributed by atoms with van der Waals surface area (Å²) in [7, 11) is 0. The topological polar surface area (TPSA) is 78.4 Å². The van der Waals surface area contributed by atoms with E-state index in [1.54, 1.807) is 24.3 Å². The fourth-order valence-corrected chi connectivity index (χ4v) is 3.31. The standard InChI is InChI=1S/C21H22N2O3/c1-2-19(24)23-17-11-9-16(10-12-17)20(25)22-14-21(26)13-5-7-15-6-3-4-8-18(15)21/h2-4,6,8-12,26H,1,5,7,13-14H2,(H,22,25)(H,23,24). The second-order valence-corrected chi connectivity index (χ2v) is 6.50. The van der Waals surface area contributed by atoms with Crippen molar-refractivity contribution in [3.63, 3.8) is 0 Å². The fourth-order valence-electron chi connectivity index (χ4n) is 3.31. The first-order valence-electron chi connectivity index (χ1n) is 8.64. The number of fused-ring (bicyclic) bond motifs is 1. The minimum atomic E-state index is -1.04. The number of aliphatic hydroxyl groups is 1. The molecule has 3 N–H and O–H groups in total. The minimum Gasteiger partial charge on any atom is -0.383 e. The van der Waals surface area contributed by atoms with Crippen LogP contribution in [0.2, 0.25) is 0 Å². The van der Waals surface area contributed by atoms with Gasteiger partial charge in [-0.3, -0.25) is 9.59 Å². The van der Waals surface area contributed by atoms with E-state index in [2.05, 4.69) is 17.2 Å². The molecule has 0 saturated carbocycles. The predicted octanol–water partition coefficient (Wildman–Crippen LogP) is 2.77. The highest BCUT2D eigenvalue weighted by Crippen LogP contribution is 2.34. The lowest BCUT2D eigenvalue weighted by Crippen LogP contribution is -2.43. The zero-order valence-electron chi connectivity index (χ0n) is 14.5. The number of anilines is 1. The molecule has 0 fully saturated rings. The first kappa shape index (κ1) is 17.9. The van der Waals surface area contributed by atoms with Crippen molar-refractivity contribution in [1.29, 1.82) is 0 Å². The van der Waals surface area contributed by atoms with Gasteiger partial charge in [0.1, 0.15) is 5.60 Å². The maximum Gasteiger partial charge on any atom is 0.251 e. The van der Waals surface area contributed by atoms with Crippen LogP contribution in [-0.4, -0.2) is 23.5 Å². The number of carbonyl (C=O) groups excluding carboxylic acids is 2. The van der Waals surface area contributed by atoms with Crippen LogP contribution in [0.25, 0.3) is 0 Å². The smallest absolute Gasteiger partial charge is 0.251 e. The molecule has 0 spiro atoms. The maximum atomic E-state index is 12.4. The Balaban J connectivity index is 1.66. The fraction of sp³-hybridized carbons (Fsp3) is 0.238. The van der Waals surface area contributed by atoms with Crippen molar-refractivity contribution >= 4 is 17.5 Å². The van der Waals surface area contributed by atoms with Crippen molar-refractivity contribution in [2.75, 3.05) is 11.9 Å². The van der Waals surface area contributed by atoms with Crippen LogP contribution < -0.4 is 10.6 Å². The minimum absolute atomic E-state index is 0.164. The van der Waals surface area contributed by atoms with Crippen LogP contribution in [0.5, 0.6) is 0 Å². The Kier molecular flexibility index (Phi) is 5.19. The molecule has 2 aromatic rings. The summed E-state index contributed by atoms with van der Waals surface area (Å²) in [5.74, 6) is -0.566. The van der Waals surface area contributed by atoms with Crippen LogP contribution in [0.15, 0.2) is 61.2 Å². The molecule has 1 atom stereocenters. The molecule has 3 rings (SSSR count). The molecular formula is C21H22N2O3. The van der Waals surface area contributed by atoms with Crippen molar-refractivity contribution in [2.24, 2.45) is 0 Å². The van der Waals surface area contributed by atoms with Crippen molar-refractivity contribution in [3.8, 4) is 0 Å². The highest BCUT2D eigenvalue weighted by molar-refractivity contribution is 5.99. The van der Waals surface area contributed by atoms with Gasteiger partial charge in [-0.25, -0.2) is 0 Å². The molecule has 2 amide bonds. The van der Waals surface area contributed by atoms with Gasteiger partial charge in [0.2, 0.25) is 5.91 Å². The number of hydrogen-bond donors (Lipinski definition) is 3. The van der Waals surface area contributed by atoms with Crippen LogP contribution >= 0.6 is 0 Å². The SMILES string of the molecule is C=CC(=O)Nc1ccc(C(=O)NCC2(O)CCCc3ccccc32)cc1. The summed E-state index contributed by atoms with van der Waals surface area (Å²) in [5, 5.41) is 16.5. The molecule has 134 valence electrons. The van der Waals surface area contributed by atoms with Gasteiger partial charge in [-0.15, -0.1) is 0 Å². The molecule has 5 nitrogen and oxygen atoms in total. The monoisotopic (exact) mass is 350 g/mol. The van der Waals surface area contributed by atoms with Gasteiger partial charge in [-0.2, -0.15) is 0 Å². The summed E-state index contributed by atoms with van der Waals surface area (Å²) in [5.41, 5.74) is 2.05. The summed E-state index contributed by atoms with van der Waals surface area (Å²) < 4.78 is 0. The van der Waals surface area contributed by atoms with Gasteiger partial charge in [0.05, 0.1) is 6.54 Å². The second kappa shape index (κ2) is 7.54. The summed E-state index contributed by atoms with van der Waals surface area (Å²) in [6.45, 7) is 3.56. The third kappa shape index (κ3) is 3.83. The van der Waals surface area contributed by atoms with Gasteiger partial charge >= 0.3 is 0 Å². The van der Waals surface area contributed by atoms with Crippen LogP contribution in [0.1, 0.15) is 34.3 Å². The zero-order chi connectivity index (χ0) is 18.6. The molecule has 0 bridgehead atoms. The molecule has 0 aromatic heterocycles. The number of amides is 2. The number of nitrogens with one attached hydrogen (secondary N) is 2. The Morgan fingerprint density at radius 3 is 2.62 bits per heavy atom. The molecule has 26 heavy (non-hydrogen) atoms. The first-order chi connectivity index (χ1) is 12.5. The third-order valence-electron chi connectivity index (χ3n) is 4.70. The maximum absolute atomic E-state index is 12.4. The van der Waals surface area contributed by atoms with Gasteiger partial charge in [0.15, 0.2) is 0 Å². The van der Waals surface area contributed by atoms with Gasteiger partial charge in [-0.1, -0.05) is 30.8 Å². The van der Waals surface area contributed by atoms with E-state index in [9.17, 15) is 14.7 Å². The van der Waals surface area contributed by atoms with Crippen molar-refractivity contribution in [2.45, 2.75) is 24.9 Å². The third-order valence-corrected chi connectivity index (χ3v) is 4.70. The molecule has 5 heteroatoms. The largest absolute Gasteiger partial charge is 0.383 e. The van der Waals surface area contributed by atoms with E-state index < -0.39 is 5.60 Å². The number of benzene rings is 2. The highest BCUT2D eigenvalue weighted by atomic mass is 16.3. The quantitative estimate of drug-likeness (QED) is 0.726. The number of carbonyl (C=O) groups is 2. The lowest BCUT2D eigenvalue weighted by Gasteiger charge is -2.34. The van der Waals surface area contributed by atoms with E-state index in [0.29, 0.717) is 17.7 Å². The molecule has 1 aliphatic rings. The lowest BCUT2D eigenvalue weighted by molar-refractivity contribution is -0.111. The van der Waals surface area contributed by atoms with Gasteiger partial charge < -0.3 is 15.7 Å². The molecule has 0 aliphatic heterocycles. The number of hydrogen-bond acceptors (Lipinski definition) is 3. The van der Waals surface area contributed by atoms with E-state index in [0.717, 1.165) is 24.0 Å². The number of aryl methyl sites for hydroxylation is 1. The lowest BCUT2D eigenvalue weighted by atomic mass is 9.79. The van der Waals surface area contributed by atoms with Gasteiger partial charge in [-0.05, 0) is 60.7 Å². The number of rotatable bonds is 5. The van der Waals surface area contributed by atoms with E-state index in [1.165, 1.54) is 6.08 Å². The van der Waals surface area contributed by atoms with Crippen LogP contribution in [0, 0.1) is 0 Å². The Morgan fingerprint density at radius 2 is 1.88 bits per heavy atom. The summed E-state index contributed by atoms with van der Waals surface area (Å²) in [4.78, 5) is 23.7. The average molecular weight is 350 g/mol. The molecule has 1 unspecified atom stereocenters. The Morgan fingerprint density at radius 1 is 1.15 bits per heavy atom. The molecule has 0 heterocycles. The van der Waals surface area contributed by atoms with Crippen molar-refractivity contribution in [3.05, 3.63) is 77.9 Å². The predicted molar refractivity (Wildman–Crippen MR) is 101 cm³/mol. The summed E-state index contributed by atoms with van der Waals surface area (Å²) in [6.07, 6.45) is 3.64. The van der Waals surface area contributed by atoms with E-state index in [1.807, 2.05) is 24.3 Å². The van der Waals surface area contributed by atoms with E-state index in [4.69, 9.17) is 0 Å². The Labute approximate surface area is 152 Å². The van der Waals surface area contributed by atoms with E-state index >= 15 is 0 Å². The van der Waals surface area contributed by atoms with Gasteiger partial charge in [0.25, 0.3) is 5.91 Å². The summed E-state index contributed by atoms with van der Waals surface area (Å²) >= 11 is 0. The Hall–Kier alpha value is -2.92. The highest BCUT2D eigenvalue weighted by Gasteiger charge is 2.34. The van der Waals surface area contributed by atoms with Crippen molar-refractivity contribution in [1.82, 2.24) is 5.32 Å². The normalized spacial score (nSPS) is 18.5. The van der Waals surface area contributed by atoms with Crippen LogP contribution in [0.4, 0.5) is 5.69 Å². The Bertz CT molecular complexity index is 829. The molecule has 0 saturated heterocycles. The first-order valence-corrected chi connectivity index (χ1v) is 8.64. The second-order valence-electron chi connectivity index (χ2n) is 6.50. The van der Waals surface area contributed by atoms with Crippen LogP contribution in [0.3, 0.4) is 0 Å². The summed E-state index contributed by atoms with van der Waals surface area (Å²) in [6, 6.07) is 14.4. The molecule has 0 radical (unpaired) electrons. The molecular weight excluding hydrogens is 328 g/mol. The molecule has 2 aromatic carbocycles. The van der Waals surface area contributed by atoms with Crippen molar-refractivity contribution < 1.29 is 14.7 Å². The van der Waals surface area contributed by atoms with E-state index in [-0.39, 0.29) is 18.4 Å².